The molecule has 0 saturated heterocycles. The molecule has 27 heavy (non-hydrogen) atoms. The van der Waals surface area contributed by atoms with E-state index < -0.39 is 0 Å². The number of aryl methyl sites for hydroxylation is 1. The highest BCUT2D eigenvalue weighted by Crippen LogP contribution is 2.05. The third-order valence-electron chi connectivity index (χ3n) is 4.02. The highest BCUT2D eigenvalue weighted by atomic mass is 32.1. The summed E-state index contributed by atoms with van der Waals surface area (Å²) in [5.74, 6) is -0.368. The number of rotatable bonds is 6. The summed E-state index contributed by atoms with van der Waals surface area (Å²) in [6.07, 6.45) is 3.22. The average molecular weight is 381 g/mol. The van der Waals surface area contributed by atoms with E-state index in [9.17, 15) is 20.1 Å². The maximum Gasteiger partial charge on any atom is 0.305 e. The van der Waals surface area contributed by atoms with E-state index in [0.29, 0.717) is 15.6 Å². The zero-order valence-corrected chi connectivity index (χ0v) is 16.0. The van der Waals surface area contributed by atoms with Crippen LogP contribution in [0.25, 0.3) is 11.6 Å². The van der Waals surface area contributed by atoms with Gasteiger partial charge < -0.3 is 4.74 Å². The molecule has 0 atom stereocenters. The lowest BCUT2D eigenvalue weighted by molar-refractivity contribution is -0.140. The molecule has 0 unspecified atom stereocenters. The van der Waals surface area contributed by atoms with Crippen LogP contribution in [0.15, 0.2) is 29.1 Å². The van der Waals surface area contributed by atoms with Crippen molar-refractivity contribution in [2.24, 2.45) is 0 Å². The maximum absolute atomic E-state index is 12.8. The Hall–Kier alpha value is -3.16. The molecule has 1 aromatic carbocycles. The first-order valence-electron chi connectivity index (χ1n) is 8.45. The fourth-order valence-electron chi connectivity index (χ4n) is 2.51. The van der Waals surface area contributed by atoms with Crippen LogP contribution >= 0.6 is 11.3 Å². The number of carbonyl (C=O) groups is 1. The second kappa shape index (κ2) is 9.51. The molecule has 0 aliphatic rings. The average Bonchev–Trinajstić information content (AvgIpc) is 2.99. The van der Waals surface area contributed by atoms with Crippen molar-refractivity contribution in [3.8, 4) is 12.1 Å². The molecule has 0 N–H and O–H groups in total. The molecule has 1 heterocycles. The van der Waals surface area contributed by atoms with Crippen LogP contribution in [-0.2, 0) is 22.5 Å². The summed E-state index contributed by atoms with van der Waals surface area (Å²) in [6.45, 7) is 2.30. The summed E-state index contributed by atoms with van der Waals surface area (Å²) in [4.78, 5) is 24.1. The Kier molecular flexibility index (Phi) is 7.10. The van der Waals surface area contributed by atoms with E-state index >= 15 is 0 Å². The van der Waals surface area contributed by atoms with Crippen LogP contribution in [-0.4, -0.2) is 17.6 Å². The second-order valence-electron chi connectivity index (χ2n) is 5.75. The van der Waals surface area contributed by atoms with Crippen molar-refractivity contribution < 1.29 is 9.53 Å². The van der Waals surface area contributed by atoms with Gasteiger partial charge >= 0.3 is 5.97 Å². The molecule has 6 nitrogen and oxygen atoms in total. The molecular formula is C20H19N3O3S. The van der Waals surface area contributed by atoms with Crippen LogP contribution in [0, 0.1) is 22.7 Å². The summed E-state index contributed by atoms with van der Waals surface area (Å²) >= 11 is 1.11. The summed E-state index contributed by atoms with van der Waals surface area (Å²) in [7, 11) is 1.30. The Balaban J connectivity index is 2.53. The molecular weight excluding hydrogens is 362 g/mol. The standard InChI is InChI=1S/C20H19N3O3S/c1-3-14-6-8-15(9-7-14)11-17-19(25)23(10-4-5-18(24)26-2)20(27-17)16(12-21)13-22/h6-9,11H,3-5,10H2,1-2H3/b17-11-. The van der Waals surface area contributed by atoms with E-state index in [4.69, 9.17) is 0 Å². The Morgan fingerprint density at radius 1 is 1.26 bits per heavy atom. The van der Waals surface area contributed by atoms with Gasteiger partial charge in [0.2, 0.25) is 0 Å². The number of nitrogens with zero attached hydrogens (tertiary/aromatic N) is 3. The van der Waals surface area contributed by atoms with Crippen molar-refractivity contribution in [3.63, 3.8) is 0 Å². The van der Waals surface area contributed by atoms with Crippen molar-refractivity contribution in [3.05, 3.63) is 54.9 Å². The Labute approximate surface area is 160 Å². The van der Waals surface area contributed by atoms with Gasteiger partial charge in [-0.1, -0.05) is 31.2 Å². The van der Waals surface area contributed by atoms with E-state index in [0.717, 1.165) is 23.3 Å². The summed E-state index contributed by atoms with van der Waals surface area (Å²) in [6, 6.07) is 11.5. The van der Waals surface area contributed by atoms with Gasteiger partial charge in [-0.05, 0) is 30.0 Å². The summed E-state index contributed by atoms with van der Waals surface area (Å²) in [5, 5.41) is 18.4. The van der Waals surface area contributed by atoms with Crippen molar-refractivity contribution in [1.29, 1.82) is 10.5 Å². The minimum atomic E-state index is -0.368. The molecule has 2 aromatic rings. The number of nitriles is 2. The van der Waals surface area contributed by atoms with Crippen molar-refractivity contribution in [2.45, 2.75) is 32.7 Å². The molecule has 0 fully saturated rings. The van der Waals surface area contributed by atoms with Crippen LogP contribution < -0.4 is 14.8 Å². The lowest BCUT2D eigenvalue weighted by Gasteiger charge is -2.01. The van der Waals surface area contributed by atoms with E-state index in [1.807, 2.05) is 36.4 Å². The number of hydrogen-bond acceptors (Lipinski definition) is 6. The van der Waals surface area contributed by atoms with Crippen molar-refractivity contribution >= 4 is 29.0 Å². The smallest absolute Gasteiger partial charge is 0.305 e. The molecule has 0 bridgehead atoms. The number of ether oxygens (including phenoxy) is 1. The highest BCUT2D eigenvalue weighted by molar-refractivity contribution is 7.07. The Bertz CT molecular complexity index is 1060. The first-order valence-corrected chi connectivity index (χ1v) is 9.27. The molecule has 0 aliphatic heterocycles. The van der Waals surface area contributed by atoms with Crippen LogP contribution in [0.1, 0.15) is 30.9 Å². The van der Waals surface area contributed by atoms with E-state index in [1.54, 1.807) is 6.08 Å². The summed E-state index contributed by atoms with van der Waals surface area (Å²) < 4.78 is 6.74. The molecule has 0 spiro atoms. The van der Waals surface area contributed by atoms with Gasteiger partial charge in [0.05, 0.1) is 11.6 Å². The lowest BCUT2D eigenvalue weighted by Crippen LogP contribution is -2.32. The monoisotopic (exact) mass is 381 g/mol. The first kappa shape index (κ1) is 20.2. The fraction of sp³-hybridized carbons (Fsp3) is 0.300. The van der Waals surface area contributed by atoms with E-state index in [1.165, 1.54) is 17.2 Å². The van der Waals surface area contributed by atoms with Gasteiger partial charge in [-0.15, -0.1) is 11.3 Å². The SMILES string of the molecule is CCc1ccc(/C=c2\sc(=C(C#N)C#N)n(CCCC(=O)OC)c2=O)cc1. The van der Waals surface area contributed by atoms with Gasteiger partial charge in [0.1, 0.15) is 16.8 Å². The first-order chi connectivity index (χ1) is 13.0. The third kappa shape index (κ3) is 4.93. The predicted octanol–water partition coefficient (Wildman–Crippen LogP) is 1.45. The molecule has 0 saturated carbocycles. The van der Waals surface area contributed by atoms with Crippen LogP contribution in [0.4, 0.5) is 0 Å². The largest absolute Gasteiger partial charge is 0.469 e. The van der Waals surface area contributed by atoms with Crippen molar-refractivity contribution in [1.82, 2.24) is 4.57 Å². The lowest BCUT2D eigenvalue weighted by atomic mass is 10.1. The molecule has 0 amide bonds. The maximum atomic E-state index is 12.8. The molecule has 1 aromatic heterocycles. The number of carbonyl (C=O) groups excluding carboxylic acids is 1. The van der Waals surface area contributed by atoms with E-state index in [-0.39, 0.29) is 30.1 Å². The van der Waals surface area contributed by atoms with Gasteiger partial charge in [0.25, 0.3) is 5.56 Å². The van der Waals surface area contributed by atoms with E-state index in [2.05, 4.69) is 11.7 Å². The molecule has 7 heteroatoms. The van der Waals surface area contributed by atoms with Gasteiger partial charge in [0.15, 0.2) is 5.57 Å². The molecule has 138 valence electrons. The van der Waals surface area contributed by atoms with Gasteiger partial charge in [-0.3, -0.25) is 14.2 Å². The Morgan fingerprint density at radius 3 is 2.48 bits per heavy atom. The third-order valence-corrected chi connectivity index (χ3v) is 5.15. The second-order valence-corrected chi connectivity index (χ2v) is 6.78. The fourth-order valence-corrected chi connectivity index (χ4v) is 3.59. The molecule has 2 rings (SSSR count). The van der Waals surface area contributed by atoms with Gasteiger partial charge in [0, 0.05) is 13.0 Å². The van der Waals surface area contributed by atoms with Crippen LogP contribution in [0.5, 0.6) is 0 Å². The topological polar surface area (TPSA) is 95.9 Å². The number of hydrogen-bond donors (Lipinski definition) is 0. The van der Waals surface area contributed by atoms with Gasteiger partial charge in [-0.25, -0.2) is 0 Å². The zero-order valence-electron chi connectivity index (χ0n) is 15.2. The number of methoxy groups -OCH3 is 1. The number of thiazole rings is 1. The van der Waals surface area contributed by atoms with Crippen LogP contribution in [0.3, 0.4) is 0 Å². The van der Waals surface area contributed by atoms with Crippen LogP contribution in [0.2, 0.25) is 0 Å². The minimum absolute atomic E-state index is 0.115. The van der Waals surface area contributed by atoms with Gasteiger partial charge in [-0.2, -0.15) is 10.5 Å². The number of benzene rings is 1. The Morgan fingerprint density at radius 2 is 1.93 bits per heavy atom. The summed E-state index contributed by atoms with van der Waals surface area (Å²) in [5.41, 5.74) is 1.68. The molecule has 0 radical (unpaired) electrons. The minimum Gasteiger partial charge on any atom is -0.469 e. The quantitative estimate of drug-likeness (QED) is 0.706. The number of esters is 1. The predicted molar refractivity (Wildman–Crippen MR) is 103 cm³/mol. The normalized spacial score (nSPS) is 10.9. The zero-order chi connectivity index (χ0) is 19.8. The molecule has 0 aliphatic carbocycles. The van der Waals surface area contributed by atoms with Crippen molar-refractivity contribution in [2.75, 3.05) is 7.11 Å². The highest BCUT2D eigenvalue weighted by Gasteiger charge is 2.10. The number of aromatic nitrogens is 1.